The normalized spacial score (nSPS) is 19.9. The van der Waals surface area contributed by atoms with E-state index >= 15 is 0 Å². The first-order chi connectivity index (χ1) is 12.3. The van der Waals surface area contributed by atoms with Gasteiger partial charge in [0.15, 0.2) is 0 Å². The van der Waals surface area contributed by atoms with Gasteiger partial charge < -0.3 is 0 Å². The van der Waals surface area contributed by atoms with Crippen LogP contribution in [0.1, 0.15) is 22.3 Å². The Morgan fingerprint density at radius 3 is 1.76 bits per heavy atom. The minimum absolute atomic E-state index is 0.303. The Hall–Kier alpha value is -2.43. The molecule has 122 valence electrons. The minimum atomic E-state index is -0.303. The van der Waals surface area contributed by atoms with Gasteiger partial charge in [-0.3, -0.25) is 0 Å². The van der Waals surface area contributed by atoms with Gasteiger partial charge in [-0.25, -0.2) is 0 Å². The summed E-state index contributed by atoms with van der Waals surface area (Å²) in [5.41, 5.74) is 5.82. The van der Waals surface area contributed by atoms with Crippen LogP contribution in [0.15, 0.2) is 103 Å². The molecule has 4 rings (SSSR count). The second-order valence-corrected chi connectivity index (χ2v) is 8.61. The minimum Gasteiger partial charge on any atom is -0.0662 e. The third kappa shape index (κ3) is 3.36. The molecule has 0 fully saturated rings. The summed E-state index contributed by atoms with van der Waals surface area (Å²) in [6.07, 6.45) is 4.86. The highest BCUT2D eigenvalue weighted by Gasteiger charge is 2.25. The Morgan fingerprint density at radius 2 is 1.16 bits per heavy atom. The fraction of sp³-hybridized carbons (Fsp3) is 0.0833. The van der Waals surface area contributed by atoms with E-state index in [1.807, 2.05) is 0 Å². The summed E-state index contributed by atoms with van der Waals surface area (Å²) in [5, 5.41) is 1.48. The largest absolute Gasteiger partial charge is 0.0662 e. The summed E-state index contributed by atoms with van der Waals surface area (Å²) in [6.45, 7) is 2.41. The van der Waals surface area contributed by atoms with Crippen molar-refractivity contribution in [1.82, 2.24) is 0 Å². The highest BCUT2D eigenvalue weighted by molar-refractivity contribution is 7.68. The predicted molar refractivity (Wildman–Crippen MR) is 111 cm³/mol. The van der Waals surface area contributed by atoms with Crippen LogP contribution in [-0.2, 0) is 0 Å². The number of rotatable bonds is 3. The molecule has 0 bridgehead atoms. The maximum atomic E-state index is 2.46. The number of hydrogen-bond acceptors (Lipinski definition) is 0. The van der Waals surface area contributed by atoms with Crippen LogP contribution in [0.3, 0.4) is 0 Å². The Bertz CT molecular complexity index is 893. The Balaban J connectivity index is 1.84. The molecular weight excluding hydrogens is 319 g/mol. The van der Waals surface area contributed by atoms with E-state index in [9.17, 15) is 0 Å². The van der Waals surface area contributed by atoms with Crippen LogP contribution in [0.4, 0.5) is 0 Å². The molecule has 2 atom stereocenters. The van der Waals surface area contributed by atoms with Crippen molar-refractivity contribution in [3.63, 3.8) is 0 Å². The van der Waals surface area contributed by atoms with Crippen LogP contribution in [-0.4, -0.2) is 6.66 Å². The van der Waals surface area contributed by atoms with Crippen molar-refractivity contribution < 1.29 is 0 Å². The molecule has 0 aliphatic carbocycles. The summed E-state index contributed by atoms with van der Waals surface area (Å²) in [6, 6.07) is 32.5. The lowest BCUT2D eigenvalue weighted by Crippen LogP contribution is -2.01. The molecule has 0 radical (unpaired) electrons. The van der Waals surface area contributed by atoms with Crippen molar-refractivity contribution in [2.45, 2.75) is 5.66 Å². The van der Waals surface area contributed by atoms with Crippen molar-refractivity contribution in [3.05, 3.63) is 120 Å². The Morgan fingerprint density at radius 1 is 0.640 bits per heavy atom. The molecule has 0 saturated carbocycles. The van der Waals surface area contributed by atoms with Crippen LogP contribution >= 0.6 is 7.92 Å². The van der Waals surface area contributed by atoms with Crippen LogP contribution in [0.25, 0.3) is 10.9 Å². The fourth-order valence-electron chi connectivity index (χ4n) is 3.41. The summed E-state index contributed by atoms with van der Waals surface area (Å²) >= 11 is 0. The Kier molecular flexibility index (Phi) is 4.63. The third-order valence-corrected chi connectivity index (χ3v) is 7.17. The molecule has 1 aliphatic rings. The zero-order valence-corrected chi connectivity index (χ0v) is 15.2. The van der Waals surface area contributed by atoms with Gasteiger partial charge in [-0.15, -0.1) is 0 Å². The molecule has 1 heterocycles. The molecule has 2 unspecified atom stereocenters. The maximum Gasteiger partial charge on any atom is 0.0268 e. The van der Waals surface area contributed by atoms with Gasteiger partial charge in [0.1, 0.15) is 0 Å². The molecule has 25 heavy (non-hydrogen) atoms. The van der Waals surface area contributed by atoms with Gasteiger partial charge in [-0.2, -0.15) is 0 Å². The second-order valence-electron chi connectivity index (χ2n) is 6.35. The van der Waals surface area contributed by atoms with Crippen molar-refractivity contribution in [2.24, 2.45) is 0 Å². The molecular formula is C24H21P. The van der Waals surface area contributed by atoms with E-state index < -0.39 is 0 Å². The Labute approximate surface area is 151 Å². The van der Waals surface area contributed by atoms with E-state index in [2.05, 4.69) is 110 Å². The van der Waals surface area contributed by atoms with Gasteiger partial charge in [0, 0.05) is 5.66 Å². The van der Waals surface area contributed by atoms with Crippen LogP contribution in [0.2, 0.25) is 0 Å². The van der Waals surface area contributed by atoms with E-state index in [0.29, 0.717) is 5.66 Å². The SMILES string of the molecule is CP1C(c2ccccc2)=CC(c2ccccc2)=CC1c1ccccc1. The van der Waals surface area contributed by atoms with Crippen molar-refractivity contribution in [1.29, 1.82) is 0 Å². The molecule has 3 aromatic carbocycles. The van der Waals surface area contributed by atoms with E-state index in [1.165, 1.54) is 27.6 Å². The third-order valence-electron chi connectivity index (χ3n) is 4.74. The summed E-state index contributed by atoms with van der Waals surface area (Å²) in [7, 11) is -0.303. The smallest absolute Gasteiger partial charge is 0.0268 e. The predicted octanol–water partition coefficient (Wildman–Crippen LogP) is 6.98. The molecule has 3 aromatic rings. The zero-order valence-electron chi connectivity index (χ0n) is 14.3. The molecule has 0 N–H and O–H groups in total. The van der Waals surface area contributed by atoms with Gasteiger partial charge in [0.05, 0.1) is 0 Å². The average molecular weight is 340 g/mol. The molecule has 0 saturated heterocycles. The van der Waals surface area contributed by atoms with Gasteiger partial charge in [-0.05, 0) is 40.3 Å². The average Bonchev–Trinajstić information content (AvgIpc) is 2.70. The lowest BCUT2D eigenvalue weighted by Gasteiger charge is -2.30. The van der Waals surface area contributed by atoms with E-state index in [4.69, 9.17) is 0 Å². The highest BCUT2D eigenvalue weighted by Crippen LogP contribution is 2.62. The number of benzene rings is 3. The van der Waals surface area contributed by atoms with E-state index in [1.54, 1.807) is 0 Å². The first-order valence-electron chi connectivity index (χ1n) is 8.65. The lowest BCUT2D eigenvalue weighted by atomic mass is 10.00. The van der Waals surface area contributed by atoms with E-state index in [-0.39, 0.29) is 7.92 Å². The van der Waals surface area contributed by atoms with Crippen LogP contribution in [0.5, 0.6) is 0 Å². The van der Waals surface area contributed by atoms with E-state index in [0.717, 1.165) is 0 Å². The number of hydrogen-bond donors (Lipinski definition) is 0. The number of allylic oxidation sites excluding steroid dienone is 3. The molecule has 0 spiro atoms. The maximum absolute atomic E-state index is 2.46. The standard InChI is InChI=1S/C24H21P/c1-25-23(20-13-7-3-8-14-20)17-22(19-11-5-2-6-12-19)18-24(25)21-15-9-4-10-16-21/h2-18,23H,1H3. The van der Waals surface area contributed by atoms with Gasteiger partial charge in [0.2, 0.25) is 0 Å². The van der Waals surface area contributed by atoms with Crippen LogP contribution in [0, 0.1) is 0 Å². The molecule has 0 amide bonds. The fourth-order valence-corrected chi connectivity index (χ4v) is 5.61. The first-order valence-corrected chi connectivity index (χ1v) is 10.5. The molecule has 0 nitrogen and oxygen atoms in total. The van der Waals surface area contributed by atoms with Crippen molar-refractivity contribution in [3.8, 4) is 0 Å². The highest BCUT2D eigenvalue weighted by atomic mass is 31.1. The van der Waals surface area contributed by atoms with Gasteiger partial charge >= 0.3 is 0 Å². The summed E-state index contributed by atoms with van der Waals surface area (Å²) < 4.78 is 0. The summed E-state index contributed by atoms with van der Waals surface area (Å²) in [5.74, 6) is 0. The van der Waals surface area contributed by atoms with Crippen LogP contribution < -0.4 is 0 Å². The van der Waals surface area contributed by atoms with Crippen molar-refractivity contribution in [2.75, 3.05) is 6.66 Å². The zero-order chi connectivity index (χ0) is 17.1. The summed E-state index contributed by atoms with van der Waals surface area (Å²) in [4.78, 5) is 0. The second kappa shape index (κ2) is 7.21. The van der Waals surface area contributed by atoms with Gasteiger partial charge in [0.25, 0.3) is 0 Å². The monoisotopic (exact) mass is 340 g/mol. The topological polar surface area (TPSA) is 0 Å². The van der Waals surface area contributed by atoms with Gasteiger partial charge in [-0.1, -0.05) is 105 Å². The quantitative estimate of drug-likeness (QED) is 0.451. The molecule has 1 heteroatoms. The first kappa shape index (κ1) is 16.1. The molecule has 0 aromatic heterocycles. The molecule has 1 aliphatic heterocycles. The lowest BCUT2D eigenvalue weighted by molar-refractivity contribution is 1.21. The van der Waals surface area contributed by atoms with Crippen molar-refractivity contribution >= 4 is 18.8 Å².